The van der Waals surface area contributed by atoms with Crippen LogP contribution in [0.4, 0.5) is 34.1 Å². The molecule has 0 radical (unpaired) electrons. The Labute approximate surface area is 351 Å². The molecule has 0 saturated carbocycles. The van der Waals surface area contributed by atoms with Crippen LogP contribution in [0.25, 0.3) is 49.7 Å². The van der Waals surface area contributed by atoms with Gasteiger partial charge in [-0.25, -0.2) is 0 Å². The molecule has 10 aromatic rings. The first-order valence-electron chi connectivity index (χ1n) is 20.8. The molecule has 60 heavy (non-hydrogen) atoms. The molecule has 0 amide bonds. The third-order valence-electron chi connectivity index (χ3n) is 12.4. The van der Waals surface area contributed by atoms with Crippen LogP contribution in [0.2, 0.25) is 0 Å². The summed E-state index contributed by atoms with van der Waals surface area (Å²) >= 11 is 0. The standard InChI is InChI=1S/C57H43N3/c1-57(2)53-26-16-15-25-49(53)50-38-52-51-37-48(59(44-21-11-5-12-22-44)45-23-13-6-14-24-45)35-36-55(51)60(56(52)39-54(50)57)47-33-29-41(30-34-47)40-27-31-46(32-28-40)58(42-17-7-3-8-18-42)43-19-9-4-10-20-43/h3-39H,1-2H3. The lowest BCUT2D eigenvalue weighted by Crippen LogP contribution is -2.14. The van der Waals surface area contributed by atoms with Gasteiger partial charge in [0, 0.05) is 56.0 Å². The van der Waals surface area contributed by atoms with Crippen molar-refractivity contribution < 1.29 is 0 Å². The summed E-state index contributed by atoms with van der Waals surface area (Å²) < 4.78 is 2.47. The number of fused-ring (bicyclic) bond motifs is 6. The van der Waals surface area contributed by atoms with Crippen LogP contribution in [0.3, 0.4) is 0 Å². The zero-order chi connectivity index (χ0) is 40.2. The Morgan fingerprint density at radius 3 is 1.32 bits per heavy atom. The Morgan fingerprint density at radius 2 is 0.767 bits per heavy atom. The zero-order valence-electron chi connectivity index (χ0n) is 33.7. The van der Waals surface area contributed by atoms with E-state index >= 15 is 0 Å². The summed E-state index contributed by atoms with van der Waals surface area (Å²) in [7, 11) is 0. The van der Waals surface area contributed by atoms with Crippen LogP contribution in [0.15, 0.2) is 224 Å². The molecule has 1 heterocycles. The molecule has 3 heteroatoms. The van der Waals surface area contributed by atoms with Gasteiger partial charge in [-0.3, -0.25) is 0 Å². The highest BCUT2D eigenvalue weighted by molar-refractivity contribution is 6.13. The normalized spacial score (nSPS) is 12.6. The third-order valence-corrected chi connectivity index (χ3v) is 12.4. The molecule has 0 spiro atoms. The third kappa shape index (κ3) is 5.89. The fourth-order valence-electron chi connectivity index (χ4n) is 9.43. The van der Waals surface area contributed by atoms with Crippen molar-refractivity contribution in [3.05, 3.63) is 236 Å². The molecule has 0 saturated heterocycles. The summed E-state index contributed by atoms with van der Waals surface area (Å²) in [5, 5.41) is 2.48. The average molecular weight is 770 g/mol. The Bertz CT molecular complexity index is 3050. The zero-order valence-corrected chi connectivity index (χ0v) is 33.7. The van der Waals surface area contributed by atoms with Crippen LogP contribution in [0, 0.1) is 0 Å². The van der Waals surface area contributed by atoms with E-state index in [9.17, 15) is 0 Å². The largest absolute Gasteiger partial charge is 0.311 e. The second-order valence-corrected chi connectivity index (χ2v) is 16.2. The van der Waals surface area contributed by atoms with Crippen LogP contribution in [0.5, 0.6) is 0 Å². The first-order valence-corrected chi connectivity index (χ1v) is 20.8. The fraction of sp³-hybridized carbons (Fsp3) is 0.0526. The van der Waals surface area contributed by atoms with Gasteiger partial charge in [0.1, 0.15) is 0 Å². The maximum atomic E-state index is 2.47. The number of aromatic nitrogens is 1. The van der Waals surface area contributed by atoms with Gasteiger partial charge in [-0.05, 0) is 137 Å². The molecule has 0 N–H and O–H groups in total. The van der Waals surface area contributed by atoms with E-state index in [4.69, 9.17) is 0 Å². The van der Waals surface area contributed by atoms with Gasteiger partial charge in [-0.1, -0.05) is 135 Å². The molecule has 286 valence electrons. The highest BCUT2D eigenvalue weighted by atomic mass is 15.1. The number of benzene rings is 9. The lowest BCUT2D eigenvalue weighted by atomic mass is 9.82. The molecule has 1 aliphatic rings. The minimum atomic E-state index is -0.114. The van der Waals surface area contributed by atoms with Gasteiger partial charge in [0.05, 0.1) is 11.0 Å². The predicted octanol–water partition coefficient (Wildman–Crippen LogP) is 15.7. The molecule has 11 rings (SSSR count). The second-order valence-electron chi connectivity index (χ2n) is 16.2. The van der Waals surface area contributed by atoms with Gasteiger partial charge in [-0.15, -0.1) is 0 Å². The summed E-state index contributed by atoms with van der Waals surface area (Å²) in [4.78, 5) is 4.66. The van der Waals surface area contributed by atoms with Gasteiger partial charge in [-0.2, -0.15) is 0 Å². The number of anilines is 6. The monoisotopic (exact) mass is 769 g/mol. The summed E-state index contributed by atoms with van der Waals surface area (Å²) in [6, 6.07) is 81.3. The smallest absolute Gasteiger partial charge is 0.0544 e. The molecule has 0 fully saturated rings. The summed E-state index contributed by atoms with van der Waals surface area (Å²) in [6.45, 7) is 4.73. The van der Waals surface area contributed by atoms with E-state index in [1.54, 1.807) is 0 Å². The molecule has 9 aromatic carbocycles. The van der Waals surface area contributed by atoms with Crippen molar-refractivity contribution in [2.24, 2.45) is 0 Å². The molecule has 0 aliphatic heterocycles. The van der Waals surface area contributed by atoms with Crippen LogP contribution in [0.1, 0.15) is 25.0 Å². The fourth-order valence-corrected chi connectivity index (χ4v) is 9.43. The van der Waals surface area contributed by atoms with E-state index in [1.165, 1.54) is 55.2 Å². The van der Waals surface area contributed by atoms with E-state index < -0.39 is 0 Å². The minimum Gasteiger partial charge on any atom is -0.311 e. The molecule has 0 atom stereocenters. The topological polar surface area (TPSA) is 11.4 Å². The van der Waals surface area contributed by atoms with Crippen molar-refractivity contribution in [2.45, 2.75) is 19.3 Å². The maximum absolute atomic E-state index is 2.47. The van der Waals surface area contributed by atoms with Crippen molar-refractivity contribution in [3.63, 3.8) is 0 Å². The second kappa shape index (κ2) is 14.3. The molecule has 1 aliphatic carbocycles. The van der Waals surface area contributed by atoms with Crippen molar-refractivity contribution in [1.82, 2.24) is 4.57 Å². The Kier molecular flexibility index (Phi) is 8.49. The summed E-state index contributed by atoms with van der Waals surface area (Å²) in [6.07, 6.45) is 0. The van der Waals surface area contributed by atoms with E-state index in [2.05, 4.69) is 253 Å². The van der Waals surface area contributed by atoms with Gasteiger partial charge >= 0.3 is 0 Å². The molecule has 0 unspecified atom stereocenters. The SMILES string of the molecule is CC1(C)c2ccccc2-c2cc3c4cc(N(c5ccccc5)c5ccccc5)ccc4n(-c4ccc(-c5ccc(N(c6ccccc6)c6ccccc6)cc5)cc4)c3cc21. The number of hydrogen-bond acceptors (Lipinski definition) is 2. The molecule has 1 aromatic heterocycles. The first kappa shape index (κ1) is 35.5. The van der Waals surface area contributed by atoms with Crippen molar-refractivity contribution in [3.8, 4) is 27.9 Å². The van der Waals surface area contributed by atoms with E-state index in [1.807, 2.05) is 0 Å². The van der Waals surface area contributed by atoms with Crippen molar-refractivity contribution in [2.75, 3.05) is 9.80 Å². The highest BCUT2D eigenvalue weighted by Gasteiger charge is 2.36. The highest BCUT2D eigenvalue weighted by Crippen LogP contribution is 2.51. The van der Waals surface area contributed by atoms with E-state index in [-0.39, 0.29) is 5.41 Å². The average Bonchev–Trinajstić information content (AvgIpc) is 3.74. The Hall–Kier alpha value is -7.62. The van der Waals surface area contributed by atoms with Gasteiger partial charge in [0.25, 0.3) is 0 Å². The summed E-state index contributed by atoms with van der Waals surface area (Å²) in [5.74, 6) is 0. The van der Waals surface area contributed by atoms with Gasteiger partial charge in [0.2, 0.25) is 0 Å². The molecular formula is C57H43N3. The predicted molar refractivity (Wildman–Crippen MR) is 253 cm³/mol. The Morgan fingerprint density at radius 1 is 0.333 bits per heavy atom. The van der Waals surface area contributed by atoms with Crippen LogP contribution in [-0.2, 0) is 5.41 Å². The van der Waals surface area contributed by atoms with Crippen molar-refractivity contribution >= 4 is 55.9 Å². The maximum Gasteiger partial charge on any atom is 0.0544 e. The molecule has 0 bridgehead atoms. The van der Waals surface area contributed by atoms with Crippen molar-refractivity contribution in [1.29, 1.82) is 0 Å². The van der Waals surface area contributed by atoms with Gasteiger partial charge in [0.15, 0.2) is 0 Å². The quantitative estimate of drug-likeness (QED) is 0.152. The number of para-hydroxylation sites is 4. The van der Waals surface area contributed by atoms with Crippen LogP contribution < -0.4 is 9.80 Å². The molecular weight excluding hydrogens is 727 g/mol. The number of nitrogens with zero attached hydrogens (tertiary/aromatic N) is 3. The minimum absolute atomic E-state index is 0.114. The first-order chi connectivity index (χ1) is 29.5. The van der Waals surface area contributed by atoms with Crippen LogP contribution >= 0.6 is 0 Å². The lowest BCUT2D eigenvalue weighted by Gasteiger charge is -2.25. The number of rotatable bonds is 8. The summed E-state index contributed by atoms with van der Waals surface area (Å²) in [5.41, 5.74) is 17.9. The van der Waals surface area contributed by atoms with Crippen LogP contribution in [-0.4, -0.2) is 4.57 Å². The molecule has 3 nitrogen and oxygen atoms in total. The Balaban J connectivity index is 1.04. The van der Waals surface area contributed by atoms with E-state index in [0.717, 1.165) is 39.8 Å². The lowest BCUT2D eigenvalue weighted by molar-refractivity contribution is 0.661. The number of hydrogen-bond donors (Lipinski definition) is 0. The van der Waals surface area contributed by atoms with E-state index in [0.29, 0.717) is 0 Å². The van der Waals surface area contributed by atoms with Gasteiger partial charge < -0.3 is 14.4 Å².